The van der Waals surface area contributed by atoms with Gasteiger partial charge in [0.15, 0.2) is 11.6 Å². The highest BCUT2D eigenvalue weighted by atomic mass is 19.2. The topological polar surface area (TPSA) is 58.6 Å². The van der Waals surface area contributed by atoms with Crippen LogP contribution in [0.15, 0.2) is 18.2 Å². The summed E-state index contributed by atoms with van der Waals surface area (Å²) in [6, 6.07) is 2.51. The predicted molar refractivity (Wildman–Crippen MR) is 70.0 cm³/mol. The predicted octanol–water partition coefficient (Wildman–Crippen LogP) is 1.93. The molecule has 0 saturated heterocycles. The van der Waals surface area contributed by atoms with Crippen LogP contribution < -0.4 is 5.32 Å². The van der Waals surface area contributed by atoms with Crippen molar-refractivity contribution >= 4 is 5.91 Å². The first-order chi connectivity index (χ1) is 9.35. The number of halogens is 2. The van der Waals surface area contributed by atoms with E-state index in [0.717, 1.165) is 12.1 Å². The quantitative estimate of drug-likeness (QED) is 0.840. The van der Waals surface area contributed by atoms with Gasteiger partial charge in [-0.1, -0.05) is 6.07 Å². The normalized spacial score (nSPS) is 15.5. The van der Waals surface area contributed by atoms with Crippen molar-refractivity contribution in [2.75, 3.05) is 7.11 Å². The molecule has 6 heteroatoms. The second-order valence-corrected chi connectivity index (χ2v) is 4.73. The van der Waals surface area contributed by atoms with Crippen LogP contribution >= 0.6 is 0 Å². The third-order valence-electron chi connectivity index (χ3n) is 3.02. The maximum Gasteiger partial charge on any atom is 0.222 e. The summed E-state index contributed by atoms with van der Waals surface area (Å²) in [5, 5.41) is 12.6. The van der Waals surface area contributed by atoms with Gasteiger partial charge in [-0.2, -0.15) is 0 Å². The Balaban J connectivity index is 2.64. The molecule has 0 aromatic heterocycles. The van der Waals surface area contributed by atoms with Crippen molar-refractivity contribution in [3.05, 3.63) is 35.4 Å². The molecule has 0 fully saturated rings. The van der Waals surface area contributed by atoms with E-state index in [2.05, 4.69) is 5.32 Å². The van der Waals surface area contributed by atoms with Crippen molar-refractivity contribution in [3.8, 4) is 0 Å². The van der Waals surface area contributed by atoms with Gasteiger partial charge < -0.3 is 15.2 Å². The molecule has 20 heavy (non-hydrogen) atoms. The summed E-state index contributed by atoms with van der Waals surface area (Å²) in [5.41, 5.74) is 0.205. The molecule has 0 radical (unpaired) electrons. The summed E-state index contributed by atoms with van der Waals surface area (Å²) < 4.78 is 30.9. The molecule has 1 amide bonds. The van der Waals surface area contributed by atoms with E-state index in [-0.39, 0.29) is 24.0 Å². The fourth-order valence-corrected chi connectivity index (χ4v) is 1.72. The Morgan fingerprint density at radius 3 is 2.55 bits per heavy atom. The minimum absolute atomic E-state index is 0.158. The molecular weight excluding hydrogens is 268 g/mol. The number of aliphatic hydroxyl groups excluding tert-OH is 1. The van der Waals surface area contributed by atoms with Crippen LogP contribution in [0.5, 0.6) is 0 Å². The SMILES string of the molecule is COC(C)CC(=O)NC(C)C(O)c1ccc(F)c(F)c1. The first-order valence-electron chi connectivity index (χ1n) is 6.30. The Morgan fingerprint density at radius 1 is 1.35 bits per heavy atom. The Bertz CT molecular complexity index is 468. The smallest absolute Gasteiger partial charge is 0.222 e. The monoisotopic (exact) mass is 287 g/mol. The minimum atomic E-state index is -1.12. The highest BCUT2D eigenvalue weighted by molar-refractivity contribution is 5.76. The summed E-state index contributed by atoms with van der Waals surface area (Å²) in [6.07, 6.45) is -1.19. The van der Waals surface area contributed by atoms with Gasteiger partial charge >= 0.3 is 0 Å². The van der Waals surface area contributed by atoms with Crippen molar-refractivity contribution in [2.45, 2.75) is 38.5 Å². The van der Waals surface area contributed by atoms with E-state index >= 15 is 0 Å². The zero-order valence-corrected chi connectivity index (χ0v) is 11.7. The fraction of sp³-hybridized carbons (Fsp3) is 0.500. The van der Waals surface area contributed by atoms with Gasteiger partial charge in [0.2, 0.25) is 5.91 Å². The molecule has 0 heterocycles. The number of benzene rings is 1. The number of carbonyl (C=O) groups excluding carboxylic acids is 1. The van der Waals surface area contributed by atoms with Crippen molar-refractivity contribution in [1.29, 1.82) is 0 Å². The number of amides is 1. The molecule has 1 aromatic rings. The van der Waals surface area contributed by atoms with E-state index in [4.69, 9.17) is 4.74 Å². The Kier molecular flexibility index (Phi) is 6.04. The molecule has 0 saturated carbocycles. The fourth-order valence-electron chi connectivity index (χ4n) is 1.72. The number of methoxy groups -OCH3 is 1. The van der Waals surface area contributed by atoms with Crippen molar-refractivity contribution in [2.24, 2.45) is 0 Å². The molecule has 0 aliphatic heterocycles. The Hall–Kier alpha value is -1.53. The number of hydrogen-bond donors (Lipinski definition) is 2. The van der Waals surface area contributed by atoms with E-state index in [1.54, 1.807) is 13.8 Å². The van der Waals surface area contributed by atoms with E-state index < -0.39 is 23.8 Å². The van der Waals surface area contributed by atoms with Crippen LogP contribution in [0.3, 0.4) is 0 Å². The molecule has 2 N–H and O–H groups in total. The van der Waals surface area contributed by atoms with E-state index in [1.165, 1.54) is 13.2 Å². The lowest BCUT2D eigenvalue weighted by molar-refractivity contribution is -0.124. The summed E-state index contributed by atoms with van der Waals surface area (Å²) in [6.45, 7) is 3.33. The average molecular weight is 287 g/mol. The molecule has 1 rings (SSSR count). The number of carbonyl (C=O) groups is 1. The van der Waals surface area contributed by atoms with Gasteiger partial charge in [-0.15, -0.1) is 0 Å². The second-order valence-electron chi connectivity index (χ2n) is 4.73. The molecule has 4 nitrogen and oxygen atoms in total. The molecular formula is C14H19F2NO3. The van der Waals surface area contributed by atoms with Gasteiger partial charge in [0.25, 0.3) is 0 Å². The van der Waals surface area contributed by atoms with Crippen molar-refractivity contribution in [1.82, 2.24) is 5.32 Å². The number of nitrogens with one attached hydrogen (secondary N) is 1. The van der Waals surface area contributed by atoms with Gasteiger partial charge in [-0.3, -0.25) is 4.79 Å². The molecule has 0 bridgehead atoms. The average Bonchev–Trinajstić information content (AvgIpc) is 2.40. The van der Waals surface area contributed by atoms with Crippen LogP contribution in [-0.4, -0.2) is 30.3 Å². The van der Waals surface area contributed by atoms with Gasteiger partial charge in [-0.25, -0.2) is 8.78 Å². The first kappa shape index (κ1) is 16.5. The van der Waals surface area contributed by atoms with Gasteiger partial charge in [0.05, 0.1) is 24.7 Å². The zero-order valence-electron chi connectivity index (χ0n) is 11.7. The van der Waals surface area contributed by atoms with Gasteiger partial charge in [0, 0.05) is 7.11 Å². The Labute approximate surface area is 116 Å². The first-order valence-corrected chi connectivity index (χ1v) is 6.30. The Morgan fingerprint density at radius 2 is 2.00 bits per heavy atom. The van der Waals surface area contributed by atoms with Gasteiger partial charge in [0.1, 0.15) is 0 Å². The maximum absolute atomic E-state index is 13.1. The second kappa shape index (κ2) is 7.31. The summed E-state index contributed by atoms with van der Waals surface area (Å²) in [7, 11) is 1.50. The molecule has 0 aliphatic rings. The van der Waals surface area contributed by atoms with Crippen molar-refractivity contribution in [3.63, 3.8) is 0 Å². The number of hydrogen-bond acceptors (Lipinski definition) is 3. The van der Waals surface area contributed by atoms with Crippen molar-refractivity contribution < 1.29 is 23.4 Å². The zero-order chi connectivity index (χ0) is 15.3. The largest absolute Gasteiger partial charge is 0.386 e. The lowest BCUT2D eigenvalue weighted by Gasteiger charge is -2.21. The maximum atomic E-state index is 13.1. The lowest BCUT2D eigenvalue weighted by Crippen LogP contribution is -2.38. The summed E-state index contributed by atoms with van der Waals surface area (Å²) in [5.74, 6) is -2.30. The summed E-state index contributed by atoms with van der Waals surface area (Å²) in [4.78, 5) is 11.6. The molecule has 1 aromatic carbocycles. The third-order valence-corrected chi connectivity index (χ3v) is 3.02. The lowest BCUT2D eigenvalue weighted by atomic mass is 10.0. The van der Waals surface area contributed by atoms with Gasteiger partial charge in [-0.05, 0) is 31.5 Å². The third kappa shape index (κ3) is 4.54. The van der Waals surface area contributed by atoms with Crippen LogP contribution in [-0.2, 0) is 9.53 Å². The molecule has 112 valence electrons. The van der Waals surface area contributed by atoms with Crippen LogP contribution in [0.2, 0.25) is 0 Å². The van der Waals surface area contributed by atoms with E-state index in [9.17, 15) is 18.7 Å². The van der Waals surface area contributed by atoms with Crippen LogP contribution in [0.25, 0.3) is 0 Å². The van der Waals surface area contributed by atoms with Crippen LogP contribution in [0.1, 0.15) is 31.9 Å². The highest BCUT2D eigenvalue weighted by Crippen LogP contribution is 2.19. The molecule has 3 unspecified atom stereocenters. The number of aliphatic hydroxyl groups is 1. The number of rotatable bonds is 6. The molecule has 0 aliphatic carbocycles. The van der Waals surface area contributed by atoms with E-state index in [1.807, 2.05) is 0 Å². The summed E-state index contributed by atoms with van der Waals surface area (Å²) >= 11 is 0. The molecule has 0 spiro atoms. The van der Waals surface area contributed by atoms with Crippen LogP contribution in [0.4, 0.5) is 8.78 Å². The highest BCUT2D eigenvalue weighted by Gasteiger charge is 2.20. The minimum Gasteiger partial charge on any atom is -0.386 e. The molecule has 3 atom stereocenters. The van der Waals surface area contributed by atoms with E-state index in [0.29, 0.717) is 0 Å². The number of ether oxygens (including phenoxy) is 1. The standard InChI is InChI=1S/C14H19F2NO3/c1-8(20-3)6-13(18)17-9(2)14(19)10-4-5-11(15)12(16)7-10/h4-5,7-9,14,19H,6H2,1-3H3,(H,17,18). The van der Waals surface area contributed by atoms with Crippen LogP contribution in [0, 0.1) is 11.6 Å².